The normalized spacial score (nSPS) is 33.1. The summed E-state index contributed by atoms with van der Waals surface area (Å²) >= 11 is 1.91. The molecule has 186 valence electrons. The quantitative estimate of drug-likeness (QED) is 0.395. The van der Waals surface area contributed by atoms with Crippen molar-refractivity contribution in [3.05, 3.63) is 29.8 Å². The van der Waals surface area contributed by atoms with Crippen molar-refractivity contribution in [2.45, 2.75) is 102 Å². The molecule has 1 heterocycles. The molecular weight excluding hydrogens is 438 g/mol. The fourth-order valence-corrected chi connectivity index (χ4v) is 8.64. The van der Waals surface area contributed by atoms with E-state index in [1.165, 1.54) is 68.5 Å². The number of unbranched alkanes of at least 4 members (excludes halogenated alkanes) is 2. The molecular formula is C29H43N3OS. The van der Waals surface area contributed by atoms with Crippen LogP contribution in [-0.4, -0.2) is 39.9 Å². The molecule has 6 rings (SSSR count). The highest BCUT2D eigenvalue weighted by Gasteiger charge is 2.51. The van der Waals surface area contributed by atoms with E-state index in [4.69, 9.17) is 4.99 Å². The second-order valence-corrected chi connectivity index (χ2v) is 12.6. The number of aryl methyl sites for hydroxylation is 1. The lowest BCUT2D eigenvalue weighted by Crippen LogP contribution is -2.50. The average Bonchev–Trinajstić information content (AvgIpc) is 3.16. The van der Waals surface area contributed by atoms with Crippen LogP contribution in [0.2, 0.25) is 0 Å². The van der Waals surface area contributed by atoms with Crippen LogP contribution in [0.1, 0.15) is 90.0 Å². The van der Waals surface area contributed by atoms with Crippen LogP contribution in [0, 0.1) is 17.8 Å². The number of nitrogens with one attached hydrogen (secondary N) is 1. The summed E-state index contributed by atoms with van der Waals surface area (Å²) in [6, 6.07) is 8.68. The van der Waals surface area contributed by atoms with Gasteiger partial charge in [0.15, 0.2) is 5.17 Å². The number of carbonyl (C=O) groups excluding carboxylic acids is 1. The summed E-state index contributed by atoms with van der Waals surface area (Å²) in [5.74, 6) is 3.87. The van der Waals surface area contributed by atoms with Gasteiger partial charge in [-0.1, -0.05) is 50.6 Å². The summed E-state index contributed by atoms with van der Waals surface area (Å²) in [5, 5.41) is 4.40. The lowest BCUT2D eigenvalue weighted by Gasteiger charge is -2.55. The highest BCUT2D eigenvalue weighted by atomic mass is 32.2. The lowest BCUT2D eigenvalue weighted by atomic mass is 9.53. The zero-order chi connectivity index (χ0) is 23.5. The van der Waals surface area contributed by atoms with Crippen molar-refractivity contribution >= 4 is 28.5 Å². The van der Waals surface area contributed by atoms with Crippen molar-refractivity contribution in [1.82, 2.24) is 4.90 Å². The molecule has 4 bridgehead atoms. The first-order chi connectivity index (χ1) is 16.6. The minimum absolute atomic E-state index is 0.129. The zero-order valence-electron chi connectivity index (χ0n) is 21.2. The van der Waals surface area contributed by atoms with Crippen molar-refractivity contribution in [3.8, 4) is 0 Å². The topological polar surface area (TPSA) is 44.7 Å². The Morgan fingerprint density at radius 3 is 2.29 bits per heavy atom. The molecule has 1 unspecified atom stereocenters. The number of anilines is 1. The SMILES string of the molecule is CCCCc1ccc(NC(=O)CC2CSC(=NC34CC5CC(CC(C5)C3)C4)N2CCCC)cc1. The molecule has 1 atom stereocenters. The molecule has 1 aromatic rings. The summed E-state index contributed by atoms with van der Waals surface area (Å²) in [5.41, 5.74) is 2.47. The van der Waals surface area contributed by atoms with E-state index >= 15 is 0 Å². The number of hydrogen-bond donors (Lipinski definition) is 1. The van der Waals surface area contributed by atoms with E-state index in [0.29, 0.717) is 6.42 Å². The van der Waals surface area contributed by atoms with E-state index in [1.54, 1.807) is 0 Å². The molecule has 34 heavy (non-hydrogen) atoms. The van der Waals surface area contributed by atoms with Crippen LogP contribution in [0.25, 0.3) is 0 Å². The maximum atomic E-state index is 13.0. The van der Waals surface area contributed by atoms with Crippen LogP contribution >= 0.6 is 11.8 Å². The van der Waals surface area contributed by atoms with Gasteiger partial charge >= 0.3 is 0 Å². The van der Waals surface area contributed by atoms with Gasteiger partial charge < -0.3 is 10.2 Å². The monoisotopic (exact) mass is 481 g/mol. The summed E-state index contributed by atoms with van der Waals surface area (Å²) in [4.78, 5) is 21.0. The summed E-state index contributed by atoms with van der Waals surface area (Å²) in [6.07, 6.45) is 14.7. The maximum Gasteiger partial charge on any atom is 0.226 e. The smallest absolute Gasteiger partial charge is 0.226 e. The third kappa shape index (κ3) is 5.50. The predicted molar refractivity (Wildman–Crippen MR) is 144 cm³/mol. The van der Waals surface area contributed by atoms with Gasteiger partial charge in [-0.3, -0.25) is 9.79 Å². The van der Waals surface area contributed by atoms with Gasteiger partial charge in [0.2, 0.25) is 5.91 Å². The van der Waals surface area contributed by atoms with E-state index in [9.17, 15) is 4.79 Å². The Kier molecular flexibility index (Phi) is 7.58. The van der Waals surface area contributed by atoms with E-state index in [2.05, 4.69) is 48.3 Å². The molecule has 4 aliphatic carbocycles. The largest absolute Gasteiger partial charge is 0.347 e. The number of amides is 1. The standard InChI is InChI=1S/C29H43N3OS/c1-3-5-7-21-8-10-25(11-9-21)30-27(33)16-26-20-34-28(32(26)12-6-4-2)31-29-17-22-13-23(18-29)15-24(14-22)19-29/h8-11,22-24,26H,3-7,12-20H2,1-2H3,(H,30,33). The van der Waals surface area contributed by atoms with E-state index in [0.717, 1.165) is 48.6 Å². The molecule has 1 N–H and O–H groups in total. The van der Waals surface area contributed by atoms with Gasteiger partial charge in [-0.05, 0) is 93.2 Å². The van der Waals surface area contributed by atoms with Crippen LogP contribution in [-0.2, 0) is 11.2 Å². The Labute approximate surface area is 210 Å². The Morgan fingerprint density at radius 1 is 1.03 bits per heavy atom. The Morgan fingerprint density at radius 2 is 1.68 bits per heavy atom. The van der Waals surface area contributed by atoms with Gasteiger partial charge in [0.1, 0.15) is 0 Å². The molecule has 1 aliphatic heterocycles. The summed E-state index contributed by atoms with van der Waals surface area (Å²) in [7, 11) is 0. The van der Waals surface area contributed by atoms with Gasteiger partial charge in [0, 0.05) is 30.4 Å². The third-order valence-electron chi connectivity index (χ3n) is 8.66. The second kappa shape index (κ2) is 10.6. The van der Waals surface area contributed by atoms with Crippen LogP contribution in [0.3, 0.4) is 0 Å². The van der Waals surface area contributed by atoms with E-state index in [-0.39, 0.29) is 17.5 Å². The molecule has 5 fully saturated rings. The van der Waals surface area contributed by atoms with Gasteiger partial charge in [0.05, 0.1) is 5.54 Å². The molecule has 5 heteroatoms. The first kappa shape index (κ1) is 24.2. The number of thioether (sulfide) groups is 1. The molecule has 0 spiro atoms. The third-order valence-corrected chi connectivity index (χ3v) is 9.80. The Hall–Kier alpha value is -1.49. The van der Waals surface area contributed by atoms with Crippen LogP contribution in [0.15, 0.2) is 29.3 Å². The molecule has 5 aliphatic rings. The summed E-state index contributed by atoms with van der Waals surface area (Å²) < 4.78 is 0. The van der Waals surface area contributed by atoms with Gasteiger partial charge in [0.25, 0.3) is 0 Å². The molecule has 1 aromatic carbocycles. The number of aliphatic imine (C=N–C) groups is 1. The number of benzene rings is 1. The van der Waals surface area contributed by atoms with E-state index < -0.39 is 0 Å². The highest BCUT2D eigenvalue weighted by molar-refractivity contribution is 8.14. The zero-order valence-corrected chi connectivity index (χ0v) is 22.0. The fraction of sp³-hybridized carbons (Fsp3) is 0.724. The van der Waals surface area contributed by atoms with Gasteiger partial charge in [-0.25, -0.2) is 0 Å². The number of hydrogen-bond acceptors (Lipinski definition) is 3. The van der Waals surface area contributed by atoms with Gasteiger partial charge in [-0.2, -0.15) is 0 Å². The Bertz CT molecular complexity index is 845. The van der Waals surface area contributed by atoms with Crippen LogP contribution in [0.5, 0.6) is 0 Å². The number of nitrogens with zero attached hydrogens (tertiary/aromatic N) is 2. The molecule has 0 radical (unpaired) electrons. The molecule has 4 saturated carbocycles. The van der Waals surface area contributed by atoms with Crippen molar-refractivity contribution in [2.24, 2.45) is 22.7 Å². The van der Waals surface area contributed by atoms with Crippen molar-refractivity contribution in [1.29, 1.82) is 0 Å². The number of amidine groups is 1. The van der Waals surface area contributed by atoms with Crippen molar-refractivity contribution < 1.29 is 4.79 Å². The predicted octanol–water partition coefficient (Wildman–Crippen LogP) is 6.90. The van der Waals surface area contributed by atoms with Gasteiger partial charge in [-0.15, -0.1) is 0 Å². The minimum atomic E-state index is 0.129. The number of carbonyl (C=O) groups is 1. The molecule has 4 nitrogen and oxygen atoms in total. The average molecular weight is 482 g/mol. The van der Waals surface area contributed by atoms with Crippen LogP contribution < -0.4 is 5.32 Å². The van der Waals surface area contributed by atoms with Crippen LogP contribution in [0.4, 0.5) is 5.69 Å². The fourth-order valence-electron chi connectivity index (χ4n) is 7.34. The molecule has 0 aromatic heterocycles. The second-order valence-electron chi connectivity index (χ2n) is 11.6. The highest BCUT2D eigenvalue weighted by Crippen LogP contribution is 2.57. The number of rotatable bonds is 10. The minimum Gasteiger partial charge on any atom is -0.347 e. The first-order valence-electron chi connectivity index (χ1n) is 13.9. The van der Waals surface area contributed by atoms with Crippen molar-refractivity contribution in [3.63, 3.8) is 0 Å². The first-order valence-corrected chi connectivity index (χ1v) is 14.9. The van der Waals surface area contributed by atoms with E-state index in [1.807, 2.05) is 11.8 Å². The Balaban J connectivity index is 1.23. The lowest BCUT2D eigenvalue weighted by molar-refractivity contribution is -0.116. The maximum absolute atomic E-state index is 13.0. The molecule has 1 saturated heterocycles. The summed E-state index contributed by atoms with van der Waals surface area (Å²) in [6.45, 7) is 5.50. The van der Waals surface area contributed by atoms with Crippen molar-refractivity contribution in [2.75, 3.05) is 17.6 Å². The molecule has 1 amide bonds.